The number of nitrogens with one attached hydrogen (secondary N) is 3. The topological polar surface area (TPSA) is 79.2 Å². The quantitative estimate of drug-likeness (QED) is 0.325. The second kappa shape index (κ2) is 4.92. The van der Waals surface area contributed by atoms with Crippen molar-refractivity contribution in [1.29, 1.82) is 0 Å². The van der Waals surface area contributed by atoms with Crippen LogP contribution in [-0.4, -0.2) is 29.1 Å². The summed E-state index contributed by atoms with van der Waals surface area (Å²) >= 11 is 0. The Hall–Kier alpha value is -0.650. The van der Waals surface area contributed by atoms with Crippen molar-refractivity contribution in [2.45, 2.75) is 70.6 Å². The highest BCUT2D eigenvalue weighted by Crippen LogP contribution is 2.28. The van der Waals surface area contributed by atoms with E-state index >= 15 is 0 Å². The molecule has 0 aromatic carbocycles. The van der Waals surface area contributed by atoms with Crippen LogP contribution in [0.15, 0.2) is 0 Å². The molecule has 1 aliphatic rings. The van der Waals surface area contributed by atoms with Gasteiger partial charge >= 0.3 is 0 Å². The van der Waals surface area contributed by atoms with Crippen molar-refractivity contribution in [3.8, 4) is 0 Å². The number of carbonyl (C=O) groups is 1. The Morgan fingerprint density at radius 2 is 1.76 bits per heavy atom. The molecule has 0 radical (unpaired) electrons. The zero-order valence-corrected chi connectivity index (χ0v) is 11.6. The van der Waals surface area contributed by atoms with Crippen LogP contribution in [0.1, 0.15) is 47.5 Å². The van der Waals surface area contributed by atoms with Gasteiger partial charge in [-0.05, 0) is 47.5 Å². The summed E-state index contributed by atoms with van der Waals surface area (Å²) in [7, 11) is 0. The molecule has 0 aromatic heterocycles. The summed E-state index contributed by atoms with van der Waals surface area (Å²) in [4.78, 5) is 11.4. The molecule has 1 saturated heterocycles. The molecule has 1 fully saturated rings. The first kappa shape index (κ1) is 14.4. The first-order valence-electron chi connectivity index (χ1n) is 6.21. The summed E-state index contributed by atoms with van der Waals surface area (Å²) in [5.41, 5.74) is 2.34. The van der Waals surface area contributed by atoms with Crippen LogP contribution in [0.25, 0.3) is 0 Å². The van der Waals surface area contributed by atoms with E-state index < -0.39 is 0 Å². The van der Waals surface area contributed by atoms with Crippen LogP contribution in [0.4, 0.5) is 0 Å². The van der Waals surface area contributed by atoms with Crippen LogP contribution in [0.2, 0.25) is 0 Å². The molecule has 17 heavy (non-hydrogen) atoms. The highest BCUT2D eigenvalue weighted by atomic mass is 16.2. The minimum atomic E-state index is -0.255. The van der Waals surface area contributed by atoms with Crippen molar-refractivity contribution in [1.82, 2.24) is 16.1 Å². The molecule has 100 valence electrons. The minimum Gasteiger partial charge on any atom is -0.307 e. The summed E-state index contributed by atoms with van der Waals surface area (Å²) in [5.74, 6) is 4.97. The zero-order chi connectivity index (χ0) is 13.3. The highest BCUT2D eigenvalue weighted by molar-refractivity contribution is 5.80. The Balaban J connectivity index is 2.62. The second-order valence-corrected chi connectivity index (χ2v) is 6.39. The average molecular weight is 242 g/mol. The number of amides is 1. The number of hydrogen-bond donors (Lipinski definition) is 4. The van der Waals surface area contributed by atoms with Crippen molar-refractivity contribution in [3.63, 3.8) is 0 Å². The second-order valence-electron chi connectivity index (χ2n) is 6.39. The van der Waals surface area contributed by atoms with Crippen LogP contribution < -0.4 is 21.9 Å². The number of hydrogen-bond acceptors (Lipinski definition) is 4. The van der Waals surface area contributed by atoms with Crippen molar-refractivity contribution < 1.29 is 4.79 Å². The fourth-order valence-corrected chi connectivity index (χ4v) is 2.99. The maximum absolute atomic E-state index is 11.4. The molecule has 1 amide bonds. The number of carbonyl (C=O) groups excluding carboxylic acids is 1. The summed E-state index contributed by atoms with van der Waals surface area (Å²) in [6.07, 6.45) is 2.00. The molecule has 5 N–H and O–H groups in total. The first-order valence-corrected chi connectivity index (χ1v) is 6.21. The van der Waals surface area contributed by atoms with Gasteiger partial charge in [0.2, 0.25) is 0 Å². The lowest BCUT2D eigenvalue weighted by Gasteiger charge is -2.47. The summed E-state index contributed by atoms with van der Waals surface area (Å²) in [6, 6.07) is 0.0725. The summed E-state index contributed by atoms with van der Waals surface area (Å²) in [5, 5.41) is 6.96. The average Bonchev–Trinajstić information content (AvgIpc) is 2.11. The van der Waals surface area contributed by atoms with E-state index in [-0.39, 0.29) is 23.0 Å². The lowest BCUT2D eigenvalue weighted by molar-refractivity contribution is -0.123. The molecule has 1 unspecified atom stereocenters. The van der Waals surface area contributed by atoms with Gasteiger partial charge in [-0.2, -0.15) is 0 Å². The molecule has 0 aliphatic carbocycles. The molecule has 0 spiro atoms. The molecule has 1 rings (SSSR count). The molecule has 1 heterocycles. The highest BCUT2D eigenvalue weighted by Gasteiger charge is 2.38. The predicted molar refractivity (Wildman–Crippen MR) is 69.2 cm³/mol. The molecular formula is C12H26N4O. The SMILES string of the molecule is CC(NC1CC(C)(C)NC(C)(C)C1)C(=O)NN. The van der Waals surface area contributed by atoms with E-state index in [0.29, 0.717) is 6.04 Å². The van der Waals surface area contributed by atoms with Crippen molar-refractivity contribution in [3.05, 3.63) is 0 Å². The van der Waals surface area contributed by atoms with E-state index in [0.717, 1.165) is 12.8 Å². The Labute approximate surface area is 104 Å². The van der Waals surface area contributed by atoms with Crippen molar-refractivity contribution in [2.75, 3.05) is 0 Å². The number of nitrogens with two attached hydrogens (primary N) is 1. The third-order valence-electron chi connectivity index (χ3n) is 3.21. The van der Waals surface area contributed by atoms with Gasteiger partial charge in [0.15, 0.2) is 0 Å². The minimum absolute atomic E-state index is 0.0817. The molecule has 5 nitrogen and oxygen atoms in total. The Kier molecular flexibility index (Phi) is 4.17. The van der Waals surface area contributed by atoms with Gasteiger partial charge in [-0.15, -0.1) is 0 Å². The van der Waals surface area contributed by atoms with Gasteiger partial charge in [0.25, 0.3) is 5.91 Å². The van der Waals surface area contributed by atoms with Gasteiger partial charge in [0.1, 0.15) is 0 Å². The van der Waals surface area contributed by atoms with E-state index in [1.807, 2.05) is 6.92 Å². The standard InChI is InChI=1S/C12H26N4O/c1-8(10(17)15-13)14-9-6-11(2,3)16-12(4,5)7-9/h8-9,14,16H,6-7,13H2,1-5H3,(H,15,17). The van der Waals surface area contributed by atoms with Crippen LogP contribution in [-0.2, 0) is 4.79 Å². The summed E-state index contributed by atoms with van der Waals surface area (Å²) in [6.45, 7) is 10.6. The largest absolute Gasteiger partial charge is 0.307 e. The zero-order valence-electron chi connectivity index (χ0n) is 11.6. The molecule has 0 saturated carbocycles. The Morgan fingerprint density at radius 3 is 2.18 bits per heavy atom. The van der Waals surface area contributed by atoms with E-state index in [9.17, 15) is 4.79 Å². The van der Waals surface area contributed by atoms with Gasteiger partial charge in [0.05, 0.1) is 6.04 Å². The van der Waals surface area contributed by atoms with Crippen LogP contribution >= 0.6 is 0 Å². The van der Waals surface area contributed by atoms with Crippen molar-refractivity contribution >= 4 is 5.91 Å². The van der Waals surface area contributed by atoms with Gasteiger partial charge in [0, 0.05) is 17.1 Å². The Morgan fingerprint density at radius 1 is 1.29 bits per heavy atom. The van der Waals surface area contributed by atoms with Crippen LogP contribution in [0.3, 0.4) is 0 Å². The lowest BCUT2D eigenvalue weighted by atomic mass is 9.79. The fourth-order valence-electron chi connectivity index (χ4n) is 2.99. The molecule has 1 aliphatic heterocycles. The lowest BCUT2D eigenvalue weighted by Crippen LogP contribution is -2.63. The van der Waals surface area contributed by atoms with E-state index in [4.69, 9.17) is 5.84 Å². The molecule has 0 bridgehead atoms. The van der Waals surface area contributed by atoms with Gasteiger partial charge in [-0.25, -0.2) is 5.84 Å². The van der Waals surface area contributed by atoms with Gasteiger partial charge in [-0.3, -0.25) is 10.2 Å². The van der Waals surface area contributed by atoms with Gasteiger partial charge < -0.3 is 10.6 Å². The molecule has 1 atom stereocenters. The predicted octanol–water partition coefficient (Wildman–Crippen LogP) is 0.264. The maximum Gasteiger partial charge on any atom is 0.250 e. The molecule has 0 aromatic rings. The number of hydrazine groups is 1. The third kappa shape index (κ3) is 4.26. The first-order chi connectivity index (χ1) is 7.65. The Bertz CT molecular complexity index is 272. The fraction of sp³-hybridized carbons (Fsp3) is 0.917. The van der Waals surface area contributed by atoms with Crippen LogP contribution in [0, 0.1) is 0 Å². The smallest absolute Gasteiger partial charge is 0.250 e. The normalized spacial score (nSPS) is 25.3. The molecular weight excluding hydrogens is 216 g/mol. The van der Waals surface area contributed by atoms with Crippen LogP contribution in [0.5, 0.6) is 0 Å². The molecule has 5 heteroatoms. The number of piperidine rings is 1. The van der Waals surface area contributed by atoms with Gasteiger partial charge in [-0.1, -0.05) is 0 Å². The van der Waals surface area contributed by atoms with E-state index in [1.54, 1.807) is 0 Å². The maximum atomic E-state index is 11.4. The van der Waals surface area contributed by atoms with E-state index in [1.165, 1.54) is 0 Å². The van der Waals surface area contributed by atoms with E-state index in [2.05, 4.69) is 43.8 Å². The van der Waals surface area contributed by atoms with Crippen molar-refractivity contribution in [2.24, 2.45) is 5.84 Å². The third-order valence-corrected chi connectivity index (χ3v) is 3.21. The summed E-state index contributed by atoms with van der Waals surface area (Å²) < 4.78 is 0. The monoisotopic (exact) mass is 242 g/mol. The number of rotatable bonds is 3.